The molecule has 0 saturated carbocycles. The van der Waals surface area contributed by atoms with Gasteiger partial charge < -0.3 is 35.8 Å². The first-order valence-corrected chi connectivity index (χ1v) is 14.7. The third-order valence-electron chi connectivity index (χ3n) is 7.28. The molecule has 3 rings (SSSR count). The summed E-state index contributed by atoms with van der Waals surface area (Å²) in [5.41, 5.74) is 2.71. The second kappa shape index (κ2) is 14.5. The maximum Gasteiger partial charge on any atom is 0.407 e. The Morgan fingerprint density at radius 2 is 1.69 bits per heavy atom. The SMILES string of the molecule is COC(=O)N[C@H](C(=O)N[C@@H](Cc1ccccc1)[C@H](O)C(=O)N1CSC(C)(C)[C@H]1C(=O)NCc1ccccc1C)[C@@H](C)O. The number of carbonyl (C=O) groups excluding carboxylic acids is 4. The minimum atomic E-state index is -1.73. The summed E-state index contributed by atoms with van der Waals surface area (Å²) in [6, 6.07) is 13.2. The van der Waals surface area contributed by atoms with Crippen LogP contribution in [0.3, 0.4) is 0 Å². The zero-order valence-corrected chi connectivity index (χ0v) is 25.3. The van der Waals surface area contributed by atoms with Gasteiger partial charge in [0, 0.05) is 11.3 Å². The number of hydrogen-bond acceptors (Lipinski definition) is 8. The Balaban J connectivity index is 1.83. The van der Waals surface area contributed by atoms with E-state index in [9.17, 15) is 29.4 Å². The number of aliphatic hydroxyl groups excluding tert-OH is 2. The summed E-state index contributed by atoms with van der Waals surface area (Å²) < 4.78 is 3.90. The maximum atomic E-state index is 13.8. The van der Waals surface area contributed by atoms with E-state index < -0.39 is 53.0 Å². The molecule has 5 atom stereocenters. The molecule has 1 aliphatic heterocycles. The molecule has 2 aromatic carbocycles. The van der Waals surface area contributed by atoms with Crippen LogP contribution in [0.5, 0.6) is 0 Å². The summed E-state index contributed by atoms with van der Waals surface area (Å²) in [6.45, 7) is 7.28. The van der Waals surface area contributed by atoms with Crippen molar-refractivity contribution < 1.29 is 34.1 Å². The van der Waals surface area contributed by atoms with Gasteiger partial charge in [-0.1, -0.05) is 54.6 Å². The monoisotopic (exact) mass is 600 g/mol. The van der Waals surface area contributed by atoms with E-state index in [0.29, 0.717) is 0 Å². The van der Waals surface area contributed by atoms with E-state index >= 15 is 0 Å². The van der Waals surface area contributed by atoms with Crippen molar-refractivity contribution in [3.63, 3.8) is 0 Å². The Kier molecular flexibility index (Phi) is 11.4. The Bertz CT molecular complexity index is 1260. The minimum Gasteiger partial charge on any atom is -0.453 e. The van der Waals surface area contributed by atoms with Crippen molar-refractivity contribution in [2.45, 2.75) is 75.7 Å². The summed E-state index contributed by atoms with van der Waals surface area (Å²) in [7, 11) is 1.12. The summed E-state index contributed by atoms with van der Waals surface area (Å²) in [5.74, 6) is -1.72. The smallest absolute Gasteiger partial charge is 0.407 e. The molecule has 1 saturated heterocycles. The Hall–Kier alpha value is -3.61. The number of aryl methyl sites for hydroxylation is 1. The average Bonchev–Trinajstić information content (AvgIpc) is 3.28. The van der Waals surface area contributed by atoms with Crippen LogP contribution in [0.15, 0.2) is 54.6 Å². The number of nitrogens with zero attached hydrogens (tertiary/aromatic N) is 1. The summed E-state index contributed by atoms with van der Waals surface area (Å²) in [6.07, 6.45) is -3.89. The van der Waals surface area contributed by atoms with Gasteiger partial charge in [0.15, 0.2) is 6.10 Å². The predicted molar refractivity (Wildman–Crippen MR) is 159 cm³/mol. The van der Waals surface area contributed by atoms with Crippen molar-refractivity contribution in [2.24, 2.45) is 0 Å². The van der Waals surface area contributed by atoms with Crippen molar-refractivity contribution in [2.75, 3.05) is 13.0 Å². The number of carbonyl (C=O) groups is 4. The van der Waals surface area contributed by atoms with Gasteiger partial charge in [-0.25, -0.2) is 4.79 Å². The fourth-order valence-electron chi connectivity index (χ4n) is 4.82. The Morgan fingerprint density at radius 3 is 2.31 bits per heavy atom. The molecule has 1 heterocycles. The fourth-order valence-corrected chi connectivity index (χ4v) is 5.96. The highest BCUT2D eigenvalue weighted by Crippen LogP contribution is 2.40. The van der Waals surface area contributed by atoms with E-state index in [0.717, 1.165) is 23.8 Å². The molecule has 0 bridgehead atoms. The van der Waals surface area contributed by atoms with Crippen LogP contribution < -0.4 is 16.0 Å². The Labute approximate surface area is 250 Å². The number of alkyl carbamates (subject to hydrolysis) is 1. The first-order valence-electron chi connectivity index (χ1n) is 13.7. The van der Waals surface area contributed by atoms with Crippen LogP contribution in [0.2, 0.25) is 0 Å². The van der Waals surface area contributed by atoms with Crippen molar-refractivity contribution in [1.29, 1.82) is 0 Å². The number of benzene rings is 2. The summed E-state index contributed by atoms with van der Waals surface area (Å²) in [5, 5.41) is 29.4. The zero-order chi connectivity index (χ0) is 31.0. The van der Waals surface area contributed by atoms with Crippen LogP contribution in [-0.2, 0) is 32.1 Å². The fraction of sp³-hybridized carbons (Fsp3) is 0.467. The number of hydrogen-bond donors (Lipinski definition) is 5. The van der Waals surface area contributed by atoms with Gasteiger partial charge in [0.1, 0.15) is 12.1 Å². The van der Waals surface area contributed by atoms with Gasteiger partial charge >= 0.3 is 6.09 Å². The van der Waals surface area contributed by atoms with E-state index in [1.807, 2.05) is 51.1 Å². The Morgan fingerprint density at radius 1 is 1.05 bits per heavy atom. The predicted octanol–water partition coefficient (Wildman–Crippen LogP) is 1.49. The van der Waals surface area contributed by atoms with Gasteiger partial charge in [-0.05, 0) is 50.8 Å². The normalized spacial score (nSPS) is 18.7. The second-order valence-electron chi connectivity index (χ2n) is 10.8. The van der Waals surface area contributed by atoms with Crippen molar-refractivity contribution in [3.8, 4) is 0 Å². The highest BCUT2D eigenvalue weighted by Gasteiger charge is 2.50. The van der Waals surface area contributed by atoms with Crippen LogP contribution in [0.1, 0.15) is 37.5 Å². The summed E-state index contributed by atoms with van der Waals surface area (Å²) >= 11 is 1.41. The standard InChI is InChI=1S/C30H40N4O7S/c1-18-11-9-10-14-21(18)16-31-27(38)25-30(3,4)42-17-34(25)28(39)24(36)22(15-20-12-7-6-8-13-20)32-26(37)23(19(2)35)33-29(40)41-5/h6-14,19,22-25,35-36H,15-17H2,1-5H3,(H,31,38)(H,32,37)(H,33,40)/t19-,22+,23+,24+,25-/m1/s1. The molecule has 228 valence electrons. The van der Waals surface area contributed by atoms with Crippen molar-refractivity contribution in [1.82, 2.24) is 20.9 Å². The number of methoxy groups -OCH3 is 1. The number of thioether (sulfide) groups is 1. The topological polar surface area (TPSA) is 157 Å². The van der Waals surface area contributed by atoms with Crippen molar-refractivity contribution in [3.05, 3.63) is 71.3 Å². The van der Waals surface area contributed by atoms with Gasteiger partial charge in [-0.2, -0.15) is 0 Å². The number of nitrogens with one attached hydrogen (secondary N) is 3. The largest absolute Gasteiger partial charge is 0.453 e. The lowest BCUT2D eigenvalue weighted by molar-refractivity contribution is -0.148. The number of amides is 4. The molecule has 4 amide bonds. The van der Waals surface area contributed by atoms with Crippen LogP contribution in [0, 0.1) is 6.92 Å². The molecule has 0 spiro atoms. The molecule has 0 unspecified atom stereocenters. The van der Waals surface area contributed by atoms with E-state index in [-0.39, 0.29) is 24.7 Å². The second-order valence-corrected chi connectivity index (χ2v) is 12.4. The molecule has 0 aromatic heterocycles. The first-order chi connectivity index (χ1) is 19.9. The lowest BCUT2D eigenvalue weighted by Gasteiger charge is -2.34. The molecule has 0 radical (unpaired) electrons. The molecular weight excluding hydrogens is 560 g/mol. The van der Waals surface area contributed by atoms with Crippen LogP contribution >= 0.6 is 11.8 Å². The van der Waals surface area contributed by atoms with E-state index in [1.54, 1.807) is 24.3 Å². The van der Waals surface area contributed by atoms with Crippen LogP contribution in [0.4, 0.5) is 4.79 Å². The molecule has 5 N–H and O–H groups in total. The van der Waals surface area contributed by atoms with Crippen LogP contribution in [-0.4, -0.2) is 87.0 Å². The van der Waals surface area contributed by atoms with Gasteiger partial charge in [0.2, 0.25) is 11.8 Å². The summed E-state index contributed by atoms with van der Waals surface area (Å²) in [4.78, 5) is 53.6. The molecule has 11 nitrogen and oxygen atoms in total. The van der Waals surface area contributed by atoms with Gasteiger partial charge in [0.05, 0.1) is 25.1 Å². The minimum absolute atomic E-state index is 0.0682. The van der Waals surface area contributed by atoms with E-state index in [4.69, 9.17) is 0 Å². The molecule has 2 aromatic rings. The quantitative estimate of drug-likeness (QED) is 0.260. The average molecular weight is 601 g/mol. The number of aliphatic hydroxyl groups is 2. The highest BCUT2D eigenvalue weighted by atomic mass is 32.2. The molecule has 42 heavy (non-hydrogen) atoms. The third kappa shape index (κ3) is 8.24. The molecule has 1 fully saturated rings. The molecule has 0 aliphatic carbocycles. The van der Waals surface area contributed by atoms with Crippen LogP contribution in [0.25, 0.3) is 0 Å². The maximum absolute atomic E-state index is 13.8. The molecule has 12 heteroatoms. The third-order valence-corrected chi connectivity index (χ3v) is 8.65. The lowest BCUT2D eigenvalue weighted by atomic mass is 9.96. The van der Waals surface area contributed by atoms with E-state index in [2.05, 4.69) is 20.7 Å². The number of ether oxygens (including phenoxy) is 1. The van der Waals surface area contributed by atoms with Crippen molar-refractivity contribution >= 4 is 35.6 Å². The lowest BCUT2D eigenvalue weighted by Crippen LogP contribution is -2.61. The van der Waals surface area contributed by atoms with Gasteiger partial charge in [-0.3, -0.25) is 14.4 Å². The zero-order valence-electron chi connectivity index (χ0n) is 24.5. The molecular formula is C30H40N4O7S. The van der Waals surface area contributed by atoms with Gasteiger partial charge in [0.25, 0.3) is 5.91 Å². The van der Waals surface area contributed by atoms with E-state index in [1.165, 1.54) is 23.6 Å². The highest BCUT2D eigenvalue weighted by molar-refractivity contribution is 8.00. The first kappa shape index (κ1) is 32.9. The van der Waals surface area contributed by atoms with Gasteiger partial charge in [-0.15, -0.1) is 11.8 Å². The molecule has 1 aliphatic rings. The number of rotatable bonds is 11.